The molecule has 0 unspecified atom stereocenters. The predicted molar refractivity (Wildman–Crippen MR) is 119 cm³/mol. The van der Waals surface area contributed by atoms with Crippen molar-refractivity contribution < 1.29 is 22.7 Å². The first kappa shape index (κ1) is 21.4. The molecule has 1 amide bonds. The molecule has 5 rings (SSSR count). The third kappa shape index (κ3) is 4.82. The van der Waals surface area contributed by atoms with Gasteiger partial charge in [0.25, 0.3) is 12.3 Å². The molecule has 0 bridgehead atoms. The Morgan fingerprint density at radius 3 is 2.88 bits per heavy atom. The van der Waals surface area contributed by atoms with E-state index >= 15 is 0 Å². The molecule has 9 nitrogen and oxygen atoms in total. The molecule has 33 heavy (non-hydrogen) atoms. The summed E-state index contributed by atoms with van der Waals surface area (Å²) in [4.78, 5) is 23.0. The molecule has 1 aromatic carbocycles. The largest absolute Gasteiger partial charge is 0.482 e. The van der Waals surface area contributed by atoms with Crippen LogP contribution in [0.5, 0.6) is 5.75 Å². The fraction of sp³-hybridized carbons (Fsp3) is 0.409. The standard InChI is InChI=1S/C22H24F2N6O3/c23-18(24)11-25-10-13-3-6-30(7-4-13)21-20-15(5-8-32-20)28-22(29-21)26-14-1-2-17-16(9-14)27-19(31)12-33-17/h1-2,5,8-9,13,18,25H,3-4,6-7,10-12H2,(H,27,31)(H,26,28,29). The van der Waals surface area contributed by atoms with Gasteiger partial charge in [-0.05, 0) is 43.5 Å². The van der Waals surface area contributed by atoms with Crippen LogP contribution in [-0.4, -0.2) is 55.1 Å². The zero-order chi connectivity index (χ0) is 22.8. The third-order valence-corrected chi connectivity index (χ3v) is 5.80. The molecule has 174 valence electrons. The Morgan fingerprint density at radius 2 is 2.06 bits per heavy atom. The number of halogens is 2. The second-order valence-corrected chi connectivity index (χ2v) is 8.16. The summed E-state index contributed by atoms with van der Waals surface area (Å²) in [6.45, 7) is 1.81. The number of piperidine rings is 1. The van der Waals surface area contributed by atoms with E-state index in [0.717, 1.165) is 25.9 Å². The van der Waals surface area contributed by atoms with Gasteiger partial charge in [0, 0.05) is 24.8 Å². The number of nitrogens with zero attached hydrogens (tertiary/aromatic N) is 3. The maximum absolute atomic E-state index is 12.4. The van der Waals surface area contributed by atoms with Crippen molar-refractivity contribution in [3.05, 3.63) is 30.5 Å². The first-order valence-corrected chi connectivity index (χ1v) is 10.9. The van der Waals surface area contributed by atoms with E-state index in [1.807, 2.05) is 6.07 Å². The van der Waals surface area contributed by atoms with E-state index in [9.17, 15) is 13.6 Å². The van der Waals surface area contributed by atoms with E-state index in [-0.39, 0.29) is 19.1 Å². The number of ether oxygens (including phenoxy) is 1. The van der Waals surface area contributed by atoms with Crippen LogP contribution in [-0.2, 0) is 4.79 Å². The summed E-state index contributed by atoms with van der Waals surface area (Å²) in [5, 5.41) is 8.82. The van der Waals surface area contributed by atoms with Crippen LogP contribution in [0, 0.1) is 5.92 Å². The Morgan fingerprint density at radius 1 is 1.21 bits per heavy atom. The highest BCUT2D eigenvalue weighted by atomic mass is 19.3. The molecule has 2 aromatic heterocycles. The Bertz CT molecular complexity index is 1150. The normalized spacial score (nSPS) is 16.6. The minimum Gasteiger partial charge on any atom is -0.482 e. The number of benzene rings is 1. The number of hydrogen-bond donors (Lipinski definition) is 3. The van der Waals surface area contributed by atoms with E-state index in [4.69, 9.17) is 14.1 Å². The lowest BCUT2D eigenvalue weighted by Crippen LogP contribution is -2.38. The summed E-state index contributed by atoms with van der Waals surface area (Å²) in [7, 11) is 0. The van der Waals surface area contributed by atoms with Crippen LogP contribution < -0.4 is 25.6 Å². The molecule has 0 atom stereocenters. The zero-order valence-corrected chi connectivity index (χ0v) is 17.8. The van der Waals surface area contributed by atoms with Gasteiger partial charge in [-0.15, -0.1) is 0 Å². The molecule has 2 aliphatic heterocycles. The number of hydrogen-bond acceptors (Lipinski definition) is 8. The number of rotatable bonds is 7. The van der Waals surface area contributed by atoms with Gasteiger partial charge in [-0.3, -0.25) is 4.79 Å². The van der Waals surface area contributed by atoms with Gasteiger partial charge in [-0.2, -0.15) is 4.98 Å². The summed E-state index contributed by atoms with van der Waals surface area (Å²) in [5.41, 5.74) is 2.58. The molecule has 0 saturated carbocycles. The summed E-state index contributed by atoms with van der Waals surface area (Å²) < 4.78 is 35.8. The molecular weight excluding hydrogens is 434 g/mol. The van der Waals surface area contributed by atoms with Crippen molar-refractivity contribution in [2.75, 3.05) is 48.3 Å². The molecule has 4 heterocycles. The molecule has 0 spiro atoms. The number of anilines is 4. The highest BCUT2D eigenvalue weighted by molar-refractivity contribution is 5.96. The molecule has 3 N–H and O–H groups in total. The summed E-state index contributed by atoms with van der Waals surface area (Å²) >= 11 is 0. The number of amides is 1. The Labute approximate surface area is 188 Å². The fourth-order valence-corrected chi connectivity index (χ4v) is 4.15. The average molecular weight is 458 g/mol. The van der Waals surface area contributed by atoms with E-state index in [1.54, 1.807) is 24.5 Å². The van der Waals surface area contributed by atoms with Crippen LogP contribution in [0.25, 0.3) is 11.1 Å². The molecule has 1 fully saturated rings. The van der Waals surface area contributed by atoms with Gasteiger partial charge >= 0.3 is 0 Å². The molecule has 0 radical (unpaired) electrons. The second-order valence-electron chi connectivity index (χ2n) is 8.16. The first-order valence-electron chi connectivity index (χ1n) is 10.9. The number of fused-ring (bicyclic) bond motifs is 2. The van der Waals surface area contributed by atoms with Gasteiger partial charge in [-0.25, -0.2) is 13.8 Å². The van der Waals surface area contributed by atoms with Crippen molar-refractivity contribution in [1.29, 1.82) is 0 Å². The van der Waals surface area contributed by atoms with Crippen LogP contribution in [0.3, 0.4) is 0 Å². The van der Waals surface area contributed by atoms with E-state index in [1.165, 1.54) is 0 Å². The fourth-order valence-electron chi connectivity index (χ4n) is 4.15. The summed E-state index contributed by atoms with van der Waals surface area (Å²) in [6.07, 6.45) is 0.994. The van der Waals surface area contributed by atoms with Gasteiger partial charge in [0.2, 0.25) is 5.95 Å². The highest BCUT2D eigenvalue weighted by Gasteiger charge is 2.24. The maximum atomic E-state index is 12.4. The smallest absolute Gasteiger partial charge is 0.262 e. The monoisotopic (exact) mass is 458 g/mol. The average Bonchev–Trinajstić information content (AvgIpc) is 3.27. The molecule has 3 aromatic rings. The highest BCUT2D eigenvalue weighted by Crippen LogP contribution is 2.33. The van der Waals surface area contributed by atoms with Gasteiger partial charge in [0.15, 0.2) is 18.0 Å². The lowest BCUT2D eigenvalue weighted by Gasteiger charge is -2.33. The van der Waals surface area contributed by atoms with Crippen LogP contribution in [0.2, 0.25) is 0 Å². The van der Waals surface area contributed by atoms with Crippen LogP contribution in [0.1, 0.15) is 12.8 Å². The van der Waals surface area contributed by atoms with Crippen molar-refractivity contribution in [3.8, 4) is 5.75 Å². The van der Waals surface area contributed by atoms with E-state index in [0.29, 0.717) is 52.5 Å². The predicted octanol–water partition coefficient (Wildman–Crippen LogP) is 3.37. The summed E-state index contributed by atoms with van der Waals surface area (Å²) in [6, 6.07) is 7.17. The Balaban J connectivity index is 1.31. The maximum Gasteiger partial charge on any atom is 0.262 e. The van der Waals surface area contributed by atoms with Gasteiger partial charge in [0.05, 0.1) is 18.5 Å². The Hall–Kier alpha value is -3.47. The first-order chi connectivity index (χ1) is 16.0. The molecular formula is C22H24F2N6O3. The zero-order valence-electron chi connectivity index (χ0n) is 17.8. The minimum atomic E-state index is -2.33. The van der Waals surface area contributed by atoms with Crippen molar-refractivity contribution in [2.24, 2.45) is 5.92 Å². The third-order valence-electron chi connectivity index (χ3n) is 5.80. The van der Waals surface area contributed by atoms with E-state index < -0.39 is 6.43 Å². The quantitative estimate of drug-likeness (QED) is 0.495. The number of aromatic nitrogens is 2. The van der Waals surface area contributed by atoms with E-state index in [2.05, 4.69) is 25.8 Å². The van der Waals surface area contributed by atoms with Gasteiger partial charge in [-0.1, -0.05) is 0 Å². The second kappa shape index (κ2) is 9.18. The van der Waals surface area contributed by atoms with Gasteiger partial charge in [0.1, 0.15) is 11.3 Å². The van der Waals surface area contributed by atoms with Gasteiger partial charge < -0.3 is 30.0 Å². The molecule has 0 aliphatic carbocycles. The molecule has 2 aliphatic rings. The number of nitrogens with one attached hydrogen (secondary N) is 3. The number of furan rings is 1. The number of carbonyl (C=O) groups is 1. The van der Waals surface area contributed by atoms with Crippen LogP contribution in [0.4, 0.5) is 31.9 Å². The summed E-state index contributed by atoms with van der Waals surface area (Å²) in [5.74, 6) is 1.85. The van der Waals surface area contributed by atoms with Crippen molar-refractivity contribution in [3.63, 3.8) is 0 Å². The van der Waals surface area contributed by atoms with Crippen LogP contribution in [0.15, 0.2) is 34.9 Å². The topological polar surface area (TPSA) is 105 Å². The van der Waals surface area contributed by atoms with Crippen LogP contribution >= 0.6 is 0 Å². The Kier molecular flexibility index (Phi) is 5.95. The molecule has 1 saturated heterocycles. The number of alkyl halides is 2. The van der Waals surface area contributed by atoms with Crippen molar-refractivity contribution in [2.45, 2.75) is 19.3 Å². The minimum absolute atomic E-state index is 0.00236. The van der Waals surface area contributed by atoms with Crippen molar-refractivity contribution >= 4 is 40.1 Å². The molecule has 11 heteroatoms. The lowest BCUT2D eigenvalue weighted by atomic mass is 9.97. The SMILES string of the molecule is O=C1COc2ccc(Nc3nc(N4CCC(CNCC(F)F)CC4)c4occc4n3)cc2N1. The number of carbonyl (C=O) groups excluding carboxylic acids is 1. The van der Waals surface area contributed by atoms with Crippen molar-refractivity contribution in [1.82, 2.24) is 15.3 Å². The lowest BCUT2D eigenvalue weighted by molar-refractivity contribution is -0.118.